The third-order valence-corrected chi connectivity index (χ3v) is 4.73. The lowest BCUT2D eigenvalue weighted by molar-refractivity contribution is -0.141. The average molecular weight is 351 g/mol. The number of nitrogens with zero attached hydrogens (tertiary/aromatic N) is 1. The second kappa shape index (κ2) is 8.28. The standard InChI is InChI=1S/C22H25NO3/c1-15(2)21(12-13-22(24)25-3)26-14-20-18-10-5-4-8-16(18)17-9-6-7-11-19(17)23-20/h4-11,15,21H,12-14H2,1-3H3. The number of pyridine rings is 1. The van der Waals surface area contributed by atoms with E-state index in [0.717, 1.165) is 22.0 Å². The Morgan fingerprint density at radius 1 is 1.00 bits per heavy atom. The minimum absolute atomic E-state index is 0.0128. The number of benzene rings is 2. The van der Waals surface area contributed by atoms with Crippen molar-refractivity contribution in [3.05, 3.63) is 54.2 Å². The summed E-state index contributed by atoms with van der Waals surface area (Å²) in [4.78, 5) is 16.3. The molecule has 0 aliphatic carbocycles. The number of rotatable bonds is 7. The molecule has 0 bridgehead atoms. The first-order chi connectivity index (χ1) is 12.6. The van der Waals surface area contributed by atoms with Crippen LogP contribution in [0.1, 0.15) is 32.4 Å². The molecule has 0 spiro atoms. The Kier molecular flexibility index (Phi) is 5.84. The van der Waals surface area contributed by atoms with Gasteiger partial charge in [-0.3, -0.25) is 4.79 Å². The van der Waals surface area contributed by atoms with Gasteiger partial charge in [0.25, 0.3) is 0 Å². The molecule has 0 radical (unpaired) electrons. The van der Waals surface area contributed by atoms with E-state index in [9.17, 15) is 4.79 Å². The Balaban J connectivity index is 1.86. The van der Waals surface area contributed by atoms with Crippen LogP contribution in [-0.4, -0.2) is 24.2 Å². The number of carbonyl (C=O) groups excluding carboxylic acids is 1. The van der Waals surface area contributed by atoms with Gasteiger partial charge in [0.05, 0.1) is 31.0 Å². The quantitative estimate of drug-likeness (QED) is 0.449. The first kappa shape index (κ1) is 18.3. The summed E-state index contributed by atoms with van der Waals surface area (Å²) < 4.78 is 10.9. The Hall–Kier alpha value is -2.46. The van der Waals surface area contributed by atoms with E-state index in [4.69, 9.17) is 14.5 Å². The van der Waals surface area contributed by atoms with Crippen LogP contribution in [0.15, 0.2) is 48.5 Å². The Morgan fingerprint density at radius 2 is 1.65 bits per heavy atom. The van der Waals surface area contributed by atoms with Crippen molar-refractivity contribution in [2.24, 2.45) is 5.92 Å². The molecule has 2 aromatic carbocycles. The Morgan fingerprint density at radius 3 is 2.35 bits per heavy atom. The lowest BCUT2D eigenvalue weighted by atomic mass is 10.0. The third kappa shape index (κ3) is 4.02. The zero-order valence-corrected chi connectivity index (χ0v) is 15.6. The maximum atomic E-state index is 11.4. The van der Waals surface area contributed by atoms with Crippen LogP contribution in [0.2, 0.25) is 0 Å². The lowest BCUT2D eigenvalue weighted by Gasteiger charge is -2.21. The van der Waals surface area contributed by atoms with E-state index in [1.54, 1.807) is 0 Å². The van der Waals surface area contributed by atoms with Crippen molar-refractivity contribution < 1.29 is 14.3 Å². The molecule has 0 saturated heterocycles. The highest BCUT2D eigenvalue weighted by molar-refractivity contribution is 6.06. The molecule has 0 saturated carbocycles. The molecule has 0 amide bonds. The van der Waals surface area contributed by atoms with Gasteiger partial charge in [0.2, 0.25) is 0 Å². The fourth-order valence-corrected chi connectivity index (χ4v) is 3.24. The smallest absolute Gasteiger partial charge is 0.305 e. The number of aromatic nitrogens is 1. The Bertz CT molecular complexity index is 904. The van der Waals surface area contributed by atoms with Crippen molar-refractivity contribution in [3.8, 4) is 0 Å². The van der Waals surface area contributed by atoms with Crippen LogP contribution >= 0.6 is 0 Å². The molecule has 4 nitrogen and oxygen atoms in total. The molecule has 26 heavy (non-hydrogen) atoms. The second-order valence-electron chi connectivity index (χ2n) is 6.83. The van der Waals surface area contributed by atoms with E-state index in [0.29, 0.717) is 25.4 Å². The van der Waals surface area contributed by atoms with E-state index < -0.39 is 0 Å². The largest absolute Gasteiger partial charge is 0.469 e. The number of esters is 1. The number of hydrogen-bond acceptors (Lipinski definition) is 4. The number of carbonyl (C=O) groups is 1. The minimum Gasteiger partial charge on any atom is -0.469 e. The van der Waals surface area contributed by atoms with Gasteiger partial charge in [-0.2, -0.15) is 0 Å². The van der Waals surface area contributed by atoms with E-state index in [2.05, 4.69) is 32.0 Å². The third-order valence-electron chi connectivity index (χ3n) is 4.73. The first-order valence-electron chi connectivity index (χ1n) is 9.05. The van der Waals surface area contributed by atoms with Gasteiger partial charge in [0.1, 0.15) is 0 Å². The number of methoxy groups -OCH3 is 1. The number of hydrogen-bond donors (Lipinski definition) is 0. The van der Waals surface area contributed by atoms with Crippen LogP contribution in [-0.2, 0) is 20.9 Å². The highest BCUT2D eigenvalue weighted by Gasteiger charge is 2.17. The normalized spacial score (nSPS) is 12.6. The van der Waals surface area contributed by atoms with Gasteiger partial charge in [-0.15, -0.1) is 0 Å². The number of ether oxygens (including phenoxy) is 2. The molecule has 4 heteroatoms. The predicted octanol–water partition coefficient (Wildman–Crippen LogP) is 4.88. The van der Waals surface area contributed by atoms with Gasteiger partial charge < -0.3 is 9.47 Å². The predicted molar refractivity (Wildman–Crippen MR) is 104 cm³/mol. The molecular weight excluding hydrogens is 326 g/mol. The SMILES string of the molecule is COC(=O)CCC(OCc1nc2ccccc2c2ccccc12)C(C)C. The van der Waals surface area contributed by atoms with E-state index in [1.807, 2.05) is 30.3 Å². The summed E-state index contributed by atoms with van der Waals surface area (Å²) in [6, 6.07) is 16.5. The number of fused-ring (bicyclic) bond motifs is 3. The van der Waals surface area contributed by atoms with Gasteiger partial charge in [0, 0.05) is 17.2 Å². The summed E-state index contributed by atoms with van der Waals surface area (Å²) in [5.41, 5.74) is 1.91. The van der Waals surface area contributed by atoms with Crippen molar-refractivity contribution in [1.29, 1.82) is 0 Å². The van der Waals surface area contributed by atoms with E-state index in [1.165, 1.54) is 12.5 Å². The monoisotopic (exact) mass is 351 g/mol. The molecular formula is C22H25NO3. The summed E-state index contributed by atoms with van der Waals surface area (Å²) in [7, 11) is 1.42. The van der Waals surface area contributed by atoms with Crippen LogP contribution in [0, 0.1) is 5.92 Å². The molecule has 0 aliphatic rings. The van der Waals surface area contributed by atoms with Crippen molar-refractivity contribution in [1.82, 2.24) is 4.98 Å². The topological polar surface area (TPSA) is 48.4 Å². The van der Waals surface area contributed by atoms with E-state index >= 15 is 0 Å². The summed E-state index contributed by atoms with van der Waals surface area (Å²) >= 11 is 0. The molecule has 1 unspecified atom stereocenters. The summed E-state index contributed by atoms with van der Waals surface area (Å²) in [6.07, 6.45) is 1.00. The molecule has 3 aromatic rings. The molecule has 1 heterocycles. The second-order valence-corrected chi connectivity index (χ2v) is 6.83. The molecule has 1 atom stereocenters. The zero-order chi connectivity index (χ0) is 18.5. The van der Waals surface area contributed by atoms with Gasteiger partial charge in [-0.1, -0.05) is 56.3 Å². The summed E-state index contributed by atoms with van der Waals surface area (Å²) in [5.74, 6) is 0.111. The highest BCUT2D eigenvalue weighted by Crippen LogP contribution is 2.27. The van der Waals surface area contributed by atoms with Crippen molar-refractivity contribution in [3.63, 3.8) is 0 Å². The Labute approximate surface area is 154 Å². The van der Waals surface area contributed by atoms with Crippen LogP contribution < -0.4 is 0 Å². The molecule has 136 valence electrons. The van der Waals surface area contributed by atoms with Crippen LogP contribution in [0.4, 0.5) is 0 Å². The summed E-state index contributed by atoms with van der Waals surface area (Å²) in [5, 5.41) is 3.45. The molecule has 0 fully saturated rings. The van der Waals surface area contributed by atoms with Gasteiger partial charge in [-0.25, -0.2) is 4.98 Å². The van der Waals surface area contributed by atoms with Crippen molar-refractivity contribution >= 4 is 27.6 Å². The highest BCUT2D eigenvalue weighted by atomic mass is 16.5. The van der Waals surface area contributed by atoms with Crippen molar-refractivity contribution in [2.75, 3.05) is 7.11 Å². The molecule has 0 N–H and O–H groups in total. The van der Waals surface area contributed by atoms with Crippen LogP contribution in [0.25, 0.3) is 21.7 Å². The fourth-order valence-electron chi connectivity index (χ4n) is 3.24. The van der Waals surface area contributed by atoms with Gasteiger partial charge >= 0.3 is 5.97 Å². The number of para-hydroxylation sites is 1. The lowest BCUT2D eigenvalue weighted by Crippen LogP contribution is -2.21. The molecule has 0 aliphatic heterocycles. The van der Waals surface area contributed by atoms with Crippen LogP contribution in [0.5, 0.6) is 0 Å². The summed E-state index contributed by atoms with van der Waals surface area (Å²) in [6.45, 7) is 4.64. The maximum Gasteiger partial charge on any atom is 0.305 e. The average Bonchev–Trinajstić information content (AvgIpc) is 2.67. The van der Waals surface area contributed by atoms with Crippen LogP contribution in [0.3, 0.4) is 0 Å². The van der Waals surface area contributed by atoms with Crippen molar-refractivity contribution in [2.45, 2.75) is 39.4 Å². The molecule has 1 aromatic heterocycles. The van der Waals surface area contributed by atoms with Gasteiger partial charge in [-0.05, 0) is 23.8 Å². The maximum absolute atomic E-state index is 11.4. The van der Waals surface area contributed by atoms with Gasteiger partial charge in [0.15, 0.2) is 0 Å². The van der Waals surface area contributed by atoms with E-state index in [-0.39, 0.29) is 12.1 Å². The zero-order valence-electron chi connectivity index (χ0n) is 15.6. The molecule has 3 rings (SSSR count). The fraction of sp³-hybridized carbons (Fsp3) is 0.364. The first-order valence-corrected chi connectivity index (χ1v) is 9.05. The minimum atomic E-state index is -0.200.